The predicted molar refractivity (Wildman–Crippen MR) is 162 cm³/mol. The van der Waals surface area contributed by atoms with Gasteiger partial charge >= 0.3 is 0 Å². The molecular weight excluding hydrogens is 522 g/mol. The molecule has 0 radical (unpaired) electrons. The molecule has 1 aromatic carbocycles. The fourth-order valence-electron chi connectivity index (χ4n) is 7.08. The van der Waals surface area contributed by atoms with Crippen molar-refractivity contribution in [1.29, 1.82) is 0 Å². The summed E-state index contributed by atoms with van der Waals surface area (Å²) >= 11 is 6.20. The van der Waals surface area contributed by atoms with Gasteiger partial charge in [0.05, 0.1) is 24.6 Å². The first-order valence-electron chi connectivity index (χ1n) is 15.3. The van der Waals surface area contributed by atoms with E-state index in [0.29, 0.717) is 29.9 Å². The summed E-state index contributed by atoms with van der Waals surface area (Å²) in [5.74, 6) is 0.0962. The minimum absolute atomic E-state index is 0.0512. The van der Waals surface area contributed by atoms with Crippen LogP contribution in [0.25, 0.3) is 0 Å². The maximum Gasteiger partial charge on any atom is 0.228 e. The molecule has 4 rings (SSSR count). The second-order valence-electron chi connectivity index (χ2n) is 15.4. The van der Waals surface area contributed by atoms with Crippen molar-refractivity contribution in [2.45, 2.75) is 117 Å². The number of nitrogens with zero attached hydrogens (tertiary/aromatic N) is 3. The van der Waals surface area contributed by atoms with Crippen molar-refractivity contribution in [3.8, 4) is 0 Å². The van der Waals surface area contributed by atoms with Gasteiger partial charge in [-0.15, -0.1) is 0 Å². The molecule has 2 saturated heterocycles. The van der Waals surface area contributed by atoms with Crippen molar-refractivity contribution >= 4 is 23.4 Å². The number of amides is 2. The van der Waals surface area contributed by atoms with E-state index in [4.69, 9.17) is 11.6 Å². The SMILES string of the molecule is CC1(C)CCC(N(C(=O)C(C)(C)C)C2C[C@@H](CO)N(C(=O)[C@@H]3CN(C(C)(C)C)C[C@H]3c3ccc(Cl)cc3)C2)CC1. The number of aliphatic hydroxyl groups excluding tert-OH is 1. The largest absolute Gasteiger partial charge is 0.394 e. The highest BCUT2D eigenvalue weighted by molar-refractivity contribution is 6.30. The monoisotopic (exact) mass is 573 g/mol. The summed E-state index contributed by atoms with van der Waals surface area (Å²) in [6, 6.07) is 7.73. The van der Waals surface area contributed by atoms with Crippen molar-refractivity contribution in [2.24, 2.45) is 16.7 Å². The summed E-state index contributed by atoms with van der Waals surface area (Å²) in [4.78, 5) is 34.7. The van der Waals surface area contributed by atoms with E-state index in [0.717, 1.165) is 37.8 Å². The molecule has 2 heterocycles. The number of benzene rings is 1. The summed E-state index contributed by atoms with van der Waals surface area (Å²) in [6.07, 6.45) is 4.80. The molecule has 2 aliphatic heterocycles. The quantitative estimate of drug-likeness (QED) is 0.472. The zero-order valence-corrected chi connectivity index (χ0v) is 26.8. The van der Waals surface area contributed by atoms with Crippen LogP contribution in [-0.2, 0) is 9.59 Å². The standard InChI is InChI=1S/C33H52ClN3O3/c1-31(2,3)30(40)37(24-13-15-33(7,8)16-14-24)25-17-26(21-38)36(18-25)29(39)28-20-35(32(4,5)6)19-27(28)22-9-11-23(34)12-10-22/h9-12,24-28,38H,13-21H2,1-8H3/t25?,26-,27-,28+/m0/s1. The Morgan fingerprint density at radius 3 is 2.10 bits per heavy atom. The molecule has 0 aromatic heterocycles. The van der Waals surface area contributed by atoms with Gasteiger partial charge in [-0.05, 0) is 76.0 Å². The van der Waals surface area contributed by atoms with Crippen LogP contribution in [-0.4, -0.2) is 81.5 Å². The molecule has 3 fully saturated rings. The number of carbonyl (C=O) groups excluding carboxylic acids is 2. The Labute approximate surface area is 247 Å². The molecule has 224 valence electrons. The van der Waals surface area contributed by atoms with Gasteiger partial charge in [0.25, 0.3) is 0 Å². The molecule has 1 N–H and O–H groups in total. The van der Waals surface area contributed by atoms with E-state index in [1.807, 2.05) is 49.9 Å². The summed E-state index contributed by atoms with van der Waals surface area (Å²) in [5, 5.41) is 11.2. The molecule has 0 spiro atoms. The topological polar surface area (TPSA) is 64.1 Å². The molecule has 1 aliphatic carbocycles. The van der Waals surface area contributed by atoms with Crippen molar-refractivity contribution in [3.63, 3.8) is 0 Å². The summed E-state index contributed by atoms with van der Waals surface area (Å²) in [7, 11) is 0. The molecule has 2 amide bonds. The zero-order chi connectivity index (χ0) is 29.6. The lowest BCUT2D eigenvalue weighted by Gasteiger charge is -2.45. The molecule has 1 saturated carbocycles. The van der Waals surface area contributed by atoms with Crippen LogP contribution in [0.15, 0.2) is 24.3 Å². The first-order valence-corrected chi connectivity index (χ1v) is 15.6. The van der Waals surface area contributed by atoms with Gasteiger partial charge in [0.1, 0.15) is 0 Å². The summed E-state index contributed by atoms with van der Waals surface area (Å²) in [6.45, 7) is 19.1. The van der Waals surface area contributed by atoms with Crippen LogP contribution in [0.4, 0.5) is 0 Å². The highest BCUT2D eigenvalue weighted by atomic mass is 35.5. The van der Waals surface area contributed by atoms with Crippen LogP contribution in [0.1, 0.15) is 99.0 Å². The van der Waals surface area contributed by atoms with Crippen LogP contribution >= 0.6 is 11.6 Å². The fraction of sp³-hybridized carbons (Fsp3) is 0.758. The van der Waals surface area contributed by atoms with Gasteiger partial charge in [0.2, 0.25) is 11.8 Å². The summed E-state index contributed by atoms with van der Waals surface area (Å²) < 4.78 is 0. The average Bonchev–Trinajstić information content (AvgIpc) is 3.50. The Balaban J connectivity index is 1.61. The van der Waals surface area contributed by atoms with Gasteiger partial charge in [-0.25, -0.2) is 0 Å². The van der Waals surface area contributed by atoms with Crippen LogP contribution in [0.3, 0.4) is 0 Å². The van der Waals surface area contributed by atoms with Gasteiger partial charge in [0, 0.05) is 47.6 Å². The Hall–Kier alpha value is -1.63. The minimum atomic E-state index is -0.503. The molecule has 3 aliphatic rings. The Morgan fingerprint density at radius 2 is 1.57 bits per heavy atom. The number of hydrogen-bond donors (Lipinski definition) is 1. The molecular formula is C33H52ClN3O3. The first kappa shape index (κ1) is 31.3. The number of carbonyl (C=O) groups is 2. The van der Waals surface area contributed by atoms with Gasteiger partial charge in [0.15, 0.2) is 0 Å². The van der Waals surface area contributed by atoms with Crippen LogP contribution in [0, 0.1) is 16.7 Å². The fourth-order valence-corrected chi connectivity index (χ4v) is 7.20. The van der Waals surface area contributed by atoms with E-state index in [-0.39, 0.29) is 53.9 Å². The third kappa shape index (κ3) is 6.71. The number of rotatable bonds is 5. The third-order valence-electron chi connectivity index (χ3n) is 9.74. The van der Waals surface area contributed by atoms with E-state index in [1.165, 1.54) is 0 Å². The second-order valence-corrected chi connectivity index (χ2v) is 15.9. The smallest absolute Gasteiger partial charge is 0.228 e. The normalized spacial score (nSPS) is 28.2. The van der Waals surface area contributed by atoms with Crippen LogP contribution in [0.2, 0.25) is 5.02 Å². The lowest BCUT2D eigenvalue weighted by atomic mass is 9.74. The van der Waals surface area contributed by atoms with E-state index in [1.54, 1.807) is 0 Å². The van der Waals surface area contributed by atoms with Gasteiger partial charge in [-0.1, -0.05) is 58.4 Å². The van der Waals surface area contributed by atoms with Gasteiger partial charge in [-0.3, -0.25) is 14.5 Å². The zero-order valence-electron chi connectivity index (χ0n) is 26.0. The maximum absolute atomic E-state index is 14.4. The van der Waals surface area contributed by atoms with E-state index in [9.17, 15) is 14.7 Å². The first-order chi connectivity index (χ1) is 18.5. The van der Waals surface area contributed by atoms with Gasteiger partial charge < -0.3 is 14.9 Å². The molecule has 4 atom stereocenters. The molecule has 1 aromatic rings. The number of likely N-dealkylation sites (tertiary alicyclic amines) is 2. The van der Waals surface area contributed by atoms with E-state index < -0.39 is 5.41 Å². The van der Waals surface area contributed by atoms with Crippen LogP contribution < -0.4 is 0 Å². The van der Waals surface area contributed by atoms with Crippen molar-refractivity contribution < 1.29 is 14.7 Å². The van der Waals surface area contributed by atoms with Crippen molar-refractivity contribution in [2.75, 3.05) is 26.2 Å². The molecule has 1 unspecified atom stereocenters. The van der Waals surface area contributed by atoms with Crippen molar-refractivity contribution in [3.05, 3.63) is 34.9 Å². The Kier molecular flexibility index (Phi) is 9.05. The Morgan fingerprint density at radius 1 is 0.975 bits per heavy atom. The minimum Gasteiger partial charge on any atom is -0.394 e. The average molecular weight is 574 g/mol. The maximum atomic E-state index is 14.4. The Bertz CT molecular complexity index is 1050. The van der Waals surface area contributed by atoms with Crippen LogP contribution in [0.5, 0.6) is 0 Å². The number of aliphatic hydroxyl groups is 1. The lowest BCUT2D eigenvalue weighted by molar-refractivity contribution is -0.147. The van der Waals surface area contributed by atoms with Crippen molar-refractivity contribution in [1.82, 2.24) is 14.7 Å². The summed E-state index contributed by atoms with van der Waals surface area (Å²) in [5.41, 5.74) is 0.863. The lowest BCUT2D eigenvalue weighted by Crippen LogP contribution is -2.54. The number of halogens is 1. The highest BCUT2D eigenvalue weighted by Gasteiger charge is 2.49. The molecule has 6 nitrogen and oxygen atoms in total. The van der Waals surface area contributed by atoms with E-state index >= 15 is 0 Å². The molecule has 0 bridgehead atoms. The molecule has 40 heavy (non-hydrogen) atoms. The molecule has 7 heteroatoms. The predicted octanol–water partition coefficient (Wildman–Crippen LogP) is 5.96. The third-order valence-corrected chi connectivity index (χ3v) is 9.99. The second kappa shape index (κ2) is 11.6. The number of hydrogen-bond acceptors (Lipinski definition) is 4. The van der Waals surface area contributed by atoms with E-state index in [2.05, 4.69) is 44.4 Å². The highest BCUT2D eigenvalue weighted by Crippen LogP contribution is 2.42. The van der Waals surface area contributed by atoms with Gasteiger partial charge in [-0.2, -0.15) is 0 Å².